The Kier molecular flexibility index (Phi) is 2.80. The summed E-state index contributed by atoms with van der Waals surface area (Å²) in [6, 6.07) is 1.99. The van der Waals surface area contributed by atoms with Crippen LogP contribution in [0.2, 0.25) is 0 Å². The summed E-state index contributed by atoms with van der Waals surface area (Å²) in [6.45, 7) is 2.61. The van der Waals surface area contributed by atoms with E-state index in [0.717, 1.165) is 25.0 Å². The molecule has 0 amide bonds. The molecule has 1 aromatic heterocycles. The molecule has 0 bridgehead atoms. The normalized spacial score (nSPS) is 31.0. The zero-order chi connectivity index (χ0) is 10.9. The van der Waals surface area contributed by atoms with E-state index in [-0.39, 0.29) is 6.10 Å². The van der Waals surface area contributed by atoms with E-state index in [1.54, 1.807) is 6.20 Å². The second-order valence-corrected chi connectivity index (χ2v) is 4.31. The van der Waals surface area contributed by atoms with E-state index in [1.807, 2.05) is 24.7 Å². The highest BCUT2D eigenvalue weighted by Crippen LogP contribution is 2.30. The van der Waals surface area contributed by atoms with Gasteiger partial charge in [0.1, 0.15) is 0 Å². The molecule has 1 N–H and O–H groups in total. The molecule has 84 valence electrons. The molecule has 1 aromatic rings. The summed E-state index contributed by atoms with van der Waals surface area (Å²) in [5.41, 5.74) is 0.507. The van der Waals surface area contributed by atoms with Crippen molar-refractivity contribution in [2.24, 2.45) is 7.05 Å². The van der Waals surface area contributed by atoms with Crippen molar-refractivity contribution in [3.05, 3.63) is 18.0 Å². The van der Waals surface area contributed by atoms with Gasteiger partial charge in [0.25, 0.3) is 0 Å². The lowest BCUT2D eigenvalue weighted by Gasteiger charge is -2.25. The monoisotopic (exact) mass is 210 g/mol. The Hall–Kier alpha value is -0.870. The molecular formula is C11H18N2O2. The predicted octanol–water partition coefficient (Wildman–Crippen LogP) is 0.893. The molecule has 15 heavy (non-hydrogen) atoms. The summed E-state index contributed by atoms with van der Waals surface area (Å²) >= 11 is 0. The van der Waals surface area contributed by atoms with Crippen LogP contribution in [0.15, 0.2) is 12.3 Å². The van der Waals surface area contributed by atoms with Crippen molar-refractivity contribution >= 4 is 0 Å². The van der Waals surface area contributed by atoms with E-state index in [0.29, 0.717) is 6.61 Å². The van der Waals surface area contributed by atoms with E-state index in [2.05, 4.69) is 5.10 Å². The maximum Gasteiger partial charge on any atom is 0.0931 e. The number of rotatable bonds is 3. The molecule has 4 nitrogen and oxygen atoms in total. The van der Waals surface area contributed by atoms with Crippen LogP contribution in [0, 0.1) is 0 Å². The zero-order valence-corrected chi connectivity index (χ0v) is 9.31. The summed E-state index contributed by atoms with van der Waals surface area (Å²) in [4.78, 5) is 0. The topological polar surface area (TPSA) is 47.3 Å². The number of ether oxygens (including phenoxy) is 1. The molecule has 1 saturated heterocycles. The number of hydrogen-bond donors (Lipinski definition) is 1. The summed E-state index contributed by atoms with van der Waals surface area (Å²) in [6.07, 6.45) is 4.07. The minimum atomic E-state index is -0.649. The van der Waals surface area contributed by atoms with Gasteiger partial charge in [-0.15, -0.1) is 0 Å². The molecule has 2 rings (SSSR count). The largest absolute Gasteiger partial charge is 0.387 e. The lowest BCUT2D eigenvalue weighted by atomic mass is 9.90. The van der Waals surface area contributed by atoms with E-state index in [4.69, 9.17) is 4.74 Å². The van der Waals surface area contributed by atoms with Crippen LogP contribution in [-0.4, -0.2) is 33.2 Å². The summed E-state index contributed by atoms with van der Waals surface area (Å²) in [7, 11) is 1.92. The van der Waals surface area contributed by atoms with Gasteiger partial charge in [-0.2, -0.15) is 5.10 Å². The van der Waals surface area contributed by atoms with Gasteiger partial charge in [0.2, 0.25) is 0 Å². The van der Waals surface area contributed by atoms with Gasteiger partial charge in [-0.3, -0.25) is 4.68 Å². The lowest BCUT2D eigenvalue weighted by Crippen LogP contribution is -2.36. The van der Waals surface area contributed by atoms with Crippen molar-refractivity contribution in [2.45, 2.75) is 37.9 Å². The van der Waals surface area contributed by atoms with E-state index in [1.165, 1.54) is 0 Å². The molecule has 2 unspecified atom stereocenters. The standard InChI is InChI=1S/C11H18N2O2/c1-9-11(14,6-8-15-9)5-3-10-4-7-12-13(10)2/h4,7,9,14H,3,5-6,8H2,1-2H3. The van der Waals surface area contributed by atoms with Crippen LogP contribution < -0.4 is 0 Å². The molecule has 1 aliphatic rings. The summed E-state index contributed by atoms with van der Waals surface area (Å²) in [5, 5.41) is 14.4. The second-order valence-electron chi connectivity index (χ2n) is 4.31. The van der Waals surface area contributed by atoms with Gasteiger partial charge < -0.3 is 9.84 Å². The highest BCUT2D eigenvalue weighted by molar-refractivity contribution is 5.02. The van der Waals surface area contributed by atoms with Crippen LogP contribution in [0.3, 0.4) is 0 Å². The van der Waals surface area contributed by atoms with Gasteiger partial charge in [0, 0.05) is 32.0 Å². The first-order chi connectivity index (χ1) is 7.12. The van der Waals surface area contributed by atoms with Gasteiger partial charge in [0.15, 0.2) is 0 Å². The molecule has 0 radical (unpaired) electrons. The van der Waals surface area contributed by atoms with E-state index in [9.17, 15) is 5.11 Å². The SMILES string of the molecule is CC1OCCC1(O)CCc1ccnn1C. The van der Waals surface area contributed by atoms with Crippen molar-refractivity contribution < 1.29 is 9.84 Å². The quantitative estimate of drug-likeness (QED) is 0.806. The van der Waals surface area contributed by atoms with Crippen molar-refractivity contribution in [3.8, 4) is 0 Å². The molecule has 0 aliphatic carbocycles. The number of hydrogen-bond acceptors (Lipinski definition) is 3. The predicted molar refractivity (Wildman–Crippen MR) is 56.5 cm³/mol. The minimum absolute atomic E-state index is 0.0503. The maximum absolute atomic E-state index is 10.3. The van der Waals surface area contributed by atoms with Crippen molar-refractivity contribution in [2.75, 3.05) is 6.61 Å². The fourth-order valence-corrected chi connectivity index (χ4v) is 2.09. The Labute approximate surface area is 89.9 Å². The van der Waals surface area contributed by atoms with Crippen molar-refractivity contribution in [3.63, 3.8) is 0 Å². The first-order valence-corrected chi connectivity index (χ1v) is 5.43. The highest BCUT2D eigenvalue weighted by Gasteiger charge is 2.38. The molecule has 0 spiro atoms. The van der Waals surface area contributed by atoms with Crippen LogP contribution >= 0.6 is 0 Å². The molecule has 2 heterocycles. The number of aromatic nitrogens is 2. The Morgan fingerprint density at radius 1 is 1.73 bits per heavy atom. The lowest BCUT2D eigenvalue weighted by molar-refractivity contribution is -0.0330. The molecule has 1 fully saturated rings. The van der Waals surface area contributed by atoms with Crippen LogP contribution in [0.4, 0.5) is 0 Å². The van der Waals surface area contributed by atoms with Crippen molar-refractivity contribution in [1.82, 2.24) is 9.78 Å². The third kappa shape index (κ3) is 2.06. The summed E-state index contributed by atoms with van der Waals surface area (Å²) < 4.78 is 7.25. The van der Waals surface area contributed by atoms with Crippen LogP contribution in [0.25, 0.3) is 0 Å². The molecule has 0 aromatic carbocycles. The highest BCUT2D eigenvalue weighted by atomic mass is 16.5. The first kappa shape index (κ1) is 10.6. The fourth-order valence-electron chi connectivity index (χ4n) is 2.09. The van der Waals surface area contributed by atoms with Crippen LogP contribution in [0.1, 0.15) is 25.5 Å². The Bertz CT molecular complexity index is 337. The first-order valence-electron chi connectivity index (χ1n) is 5.43. The van der Waals surface area contributed by atoms with Gasteiger partial charge in [-0.25, -0.2) is 0 Å². The third-order valence-electron chi connectivity index (χ3n) is 3.40. The molecule has 2 atom stereocenters. The number of aliphatic hydroxyl groups is 1. The van der Waals surface area contributed by atoms with Crippen molar-refractivity contribution in [1.29, 1.82) is 0 Å². The minimum Gasteiger partial charge on any atom is -0.387 e. The maximum atomic E-state index is 10.3. The Balaban J connectivity index is 1.96. The molecular weight excluding hydrogens is 192 g/mol. The van der Waals surface area contributed by atoms with Crippen LogP contribution in [-0.2, 0) is 18.2 Å². The van der Waals surface area contributed by atoms with Gasteiger partial charge >= 0.3 is 0 Å². The smallest absolute Gasteiger partial charge is 0.0931 e. The van der Waals surface area contributed by atoms with Gasteiger partial charge in [0.05, 0.1) is 11.7 Å². The molecule has 0 saturated carbocycles. The average molecular weight is 210 g/mol. The zero-order valence-electron chi connectivity index (χ0n) is 9.31. The molecule has 4 heteroatoms. The molecule has 1 aliphatic heterocycles. The van der Waals surface area contributed by atoms with E-state index < -0.39 is 5.60 Å². The average Bonchev–Trinajstić information content (AvgIpc) is 2.73. The summed E-state index contributed by atoms with van der Waals surface area (Å²) in [5.74, 6) is 0. The number of nitrogens with zero attached hydrogens (tertiary/aromatic N) is 2. The Morgan fingerprint density at radius 3 is 3.07 bits per heavy atom. The van der Waals surface area contributed by atoms with Crippen LogP contribution in [0.5, 0.6) is 0 Å². The van der Waals surface area contributed by atoms with Gasteiger partial charge in [-0.05, 0) is 25.8 Å². The van der Waals surface area contributed by atoms with E-state index >= 15 is 0 Å². The fraction of sp³-hybridized carbons (Fsp3) is 0.727. The van der Waals surface area contributed by atoms with Gasteiger partial charge in [-0.1, -0.05) is 0 Å². The number of aryl methyl sites for hydroxylation is 2. The Morgan fingerprint density at radius 2 is 2.53 bits per heavy atom. The second kappa shape index (κ2) is 3.94. The third-order valence-corrected chi connectivity index (χ3v) is 3.40.